The fourth-order valence-corrected chi connectivity index (χ4v) is 3.34. The molecule has 1 heterocycles. The highest BCUT2D eigenvalue weighted by Gasteiger charge is 2.32. The van der Waals surface area contributed by atoms with Crippen molar-refractivity contribution in [2.24, 2.45) is 5.92 Å². The number of hydrogen-bond donors (Lipinski definition) is 2. The van der Waals surface area contributed by atoms with Gasteiger partial charge in [0.1, 0.15) is 0 Å². The Hall–Kier alpha value is -2.38. The van der Waals surface area contributed by atoms with E-state index >= 15 is 0 Å². The van der Waals surface area contributed by atoms with Gasteiger partial charge in [0.05, 0.1) is 23.0 Å². The van der Waals surface area contributed by atoms with Crippen molar-refractivity contribution < 1.29 is 18.0 Å². The molecule has 1 aliphatic rings. The summed E-state index contributed by atoms with van der Waals surface area (Å²) < 4.78 is 38.9. The molecule has 2 aromatic rings. The standard InChI is InChI=1S/C18H21F3N4O/c1-2-4-14(11-5-3-6-13(9-11)18(19,20)21)22-17(26)12-7-8-15-16(10-12)24-25-23-15/h3,5-6,9,12,14H,2,4,7-8,10H2,1H3,(H,22,26)(H,23,24,25)/t12-,14+/m1/s1. The minimum Gasteiger partial charge on any atom is -0.349 e. The number of nitrogens with zero attached hydrogens (tertiary/aromatic N) is 2. The molecule has 2 atom stereocenters. The zero-order valence-electron chi connectivity index (χ0n) is 14.4. The number of aryl methyl sites for hydroxylation is 1. The maximum atomic E-state index is 13.0. The van der Waals surface area contributed by atoms with Crippen molar-refractivity contribution >= 4 is 5.91 Å². The maximum absolute atomic E-state index is 13.0. The number of halogens is 3. The third kappa shape index (κ3) is 4.05. The number of aromatic nitrogens is 3. The van der Waals surface area contributed by atoms with Gasteiger partial charge in [0.2, 0.25) is 5.91 Å². The molecule has 1 aromatic carbocycles. The van der Waals surface area contributed by atoms with Gasteiger partial charge in [0.25, 0.3) is 0 Å². The molecule has 26 heavy (non-hydrogen) atoms. The molecule has 0 saturated heterocycles. The Balaban J connectivity index is 1.74. The first-order valence-corrected chi connectivity index (χ1v) is 8.74. The second-order valence-corrected chi connectivity index (χ2v) is 6.63. The highest BCUT2D eigenvalue weighted by atomic mass is 19.4. The molecule has 1 aromatic heterocycles. The summed E-state index contributed by atoms with van der Waals surface area (Å²) in [6, 6.07) is 4.74. The largest absolute Gasteiger partial charge is 0.416 e. The number of alkyl halides is 3. The number of amides is 1. The molecule has 2 N–H and O–H groups in total. The number of nitrogens with one attached hydrogen (secondary N) is 2. The van der Waals surface area contributed by atoms with Gasteiger partial charge in [-0.2, -0.15) is 28.6 Å². The smallest absolute Gasteiger partial charge is 0.349 e. The van der Waals surface area contributed by atoms with Gasteiger partial charge >= 0.3 is 6.18 Å². The molecule has 140 valence electrons. The summed E-state index contributed by atoms with van der Waals surface area (Å²) in [7, 11) is 0. The van der Waals surface area contributed by atoms with E-state index in [1.807, 2.05) is 6.92 Å². The van der Waals surface area contributed by atoms with E-state index in [1.54, 1.807) is 6.07 Å². The van der Waals surface area contributed by atoms with E-state index in [0.717, 1.165) is 29.9 Å². The fourth-order valence-electron chi connectivity index (χ4n) is 3.34. The molecule has 0 aliphatic heterocycles. The van der Waals surface area contributed by atoms with Crippen molar-refractivity contribution in [3.8, 4) is 0 Å². The van der Waals surface area contributed by atoms with Crippen molar-refractivity contribution in [1.29, 1.82) is 0 Å². The van der Waals surface area contributed by atoms with E-state index < -0.39 is 17.8 Å². The third-order valence-electron chi connectivity index (χ3n) is 4.75. The molecule has 1 amide bonds. The van der Waals surface area contributed by atoms with Crippen LogP contribution in [0.2, 0.25) is 0 Å². The fraction of sp³-hybridized carbons (Fsp3) is 0.500. The lowest BCUT2D eigenvalue weighted by Gasteiger charge is -2.25. The van der Waals surface area contributed by atoms with Gasteiger partial charge in [0.15, 0.2) is 0 Å². The number of H-pyrrole nitrogens is 1. The second kappa shape index (κ2) is 7.47. The summed E-state index contributed by atoms with van der Waals surface area (Å²) in [6.07, 6.45) is -1.24. The van der Waals surface area contributed by atoms with Crippen LogP contribution >= 0.6 is 0 Å². The Morgan fingerprint density at radius 1 is 1.35 bits per heavy atom. The van der Waals surface area contributed by atoms with Crippen LogP contribution in [-0.4, -0.2) is 21.3 Å². The second-order valence-electron chi connectivity index (χ2n) is 6.63. The van der Waals surface area contributed by atoms with Crippen LogP contribution in [0.25, 0.3) is 0 Å². The SMILES string of the molecule is CCC[C@H](NC(=O)[C@@H]1CCc2n[nH]nc2C1)c1cccc(C(F)(F)F)c1. The van der Waals surface area contributed by atoms with Gasteiger partial charge in [-0.25, -0.2) is 0 Å². The molecule has 0 saturated carbocycles. The van der Waals surface area contributed by atoms with Crippen molar-refractivity contribution in [3.63, 3.8) is 0 Å². The van der Waals surface area contributed by atoms with Crippen LogP contribution in [0, 0.1) is 5.92 Å². The highest BCUT2D eigenvalue weighted by molar-refractivity contribution is 5.79. The van der Waals surface area contributed by atoms with Crippen LogP contribution in [0.1, 0.15) is 54.7 Å². The molecule has 0 fully saturated rings. The van der Waals surface area contributed by atoms with E-state index in [1.165, 1.54) is 6.07 Å². The lowest BCUT2D eigenvalue weighted by molar-refractivity contribution is -0.137. The molecule has 1 aliphatic carbocycles. The van der Waals surface area contributed by atoms with E-state index in [2.05, 4.69) is 20.7 Å². The Kier molecular flexibility index (Phi) is 5.29. The maximum Gasteiger partial charge on any atom is 0.416 e. The molecule has 5 nitrogen and oxygen atoms in total. The van der Waals surface area contributed by atoms with Crippen molar-refractivity contribution in [1.82, 2.24) is 20.7 Å². The lowest BCUT2D eigenvalue weighted by Crippen LogP contribution is -2.36. The summed E-state index contributed by atoms with van der Waals surface area (Å²) in [5, 5.41) is 13.6. The van der Waals surface area contributed by atoms with Crippen LogP contribution in [-0.2, 0) is 23.8 Å². The van der Waals surface area contributed by atoms with Gasteiger partial charge in [-0.1, -0.05) is 25.5 Å². The van der Waals surface area contributed by atoms with Gasteiger partial charge in [-0.15, -0.1) is 0 Å². The molecule has 8 heteroatoms. The highest BCUT2D eigenvalue weighted by Crippen LogP contribution is 2.32. The average molecular weight is 366 g/mol. The monoisotopic (exact) mass is 366 g/mol. The predicted octanol–water partition coefficient (Wildman–Crippen LogP) is 3.59. The number of rotatable bonds is 5. The van der Waals surface area contributed by atoms with E-state index in [0.29, 0.717) is 31.2 Å². The van der Waals surface area contributed by atoms with E-state index in [-0.39, 0.29) is 11.8 Å². The van der Waals surface area contributed by atoms with Crippen molar-refractivity contribution in [2.75, 3.05) is 0 Å². The Morgan fingerprint density at radius 2 is 2.12 bits per heavy atom. The van der Waals surface area contributed by atoms with Crippen molar-refractivity contribution in [2.45, 2.75) is 51.2 Å². The summed E-state index contributed by atoms with van der Waals surface area (Å²) in [5.74, 6) is -0.382. The van der Waals surface area contributed by atoms with E-state index in [4.69, 9.17) is 0 Å². The average Bonchev–Trinajstić information content (AvgIpc) is 3.08. The molecular weight excluding hydrogens is 345 g/mol. The van der Waals surface area contributed by atoms with Gasteiger partial charge in [-0.3, -0.25) is 4.79 Å². The first kappa shape index (κ1) is 18.4. The number of fused-ring (bicyclic) bond motifs is 1. The minimum absolute atomic E-state index is 0.144. The number of aromatic amines is 1. The number of carbonyl (C=O) groups is 1. The summed E-state index contributed by atoms with van der Waals surface area (Å²) >= 11 is 0. The first-order chi connectivity index (χ1) is 12.4. The molecule has 0 bridgehead atoms. The first-order valence-electron chi connectivity index (χ1n) is 8.74. The van der Waals surface area contributed by atoms with Gasteiger partial charge in [0, 0.05) is 12.3 Å². The minimum atomic E-state index is -4.40. The quantitative estimate of drug-likeness (QED) is 0.850. The number of hydrogen-bond acceptors (Lipinski definition) is 3. The molecule has 0 spiro atoms. The molecule has 3 rings (SSSR count). The Bertz CT molecular complexity index is 772. The van der Waals surface area contributed by atoms with Crippen LogP contribution in [0.4, 0.5) is 13.2 Å². The van der Waals surface area contributed by atoms with Crippen LogP contribution in [0.5, 0.6) is 0 Å². The summed E-state index contributed by atoms with van der Waals surface area (Å²) in [5.41, 5.74) is 1.46. The van der Waals surface area contributed by atoms with Crippen LogP contribution in [0.15, 0.2) is 24.3 Å². The number of carbonyl (C=O) groups excluding carboxylic acids is 1. The molecule has 0 radical (unpaired) electrons. The van der Waals surface area contributed by atoms with Crippen LogP contribution < -0.4 is 5.32 Å². The van der Waals surface area contributed by atoms with Gasteiger partial charge in [-0.05, 0) is 37.0 Å². The predicted molar refractivity (Wildman–Crippen MR) is 89.1 cm³/mol. The topological polar surface area (TPSA) is 70.7 Å². The summed E-state index contributed by atoms with van der Waals surface area (Å²) in [4.78, 5) is 12.7. The zero-order valence-corrected chi connectivity index (χ0v) is 14.4. The Labute approximate surface area is 149 Å². The third-order valence-corrected chi connectivity index (χ3v) is 4.75. The summed E-state index contributed by atoms with van der Waals surface area (Å²) in [6.45, 7) is 1.94. The Morgan fingerprint density at radius 3 is 2.85 bits per heavy atom. The molecule has 0 unspecified atom stereocenters. The normalized spacial score (nSPS) is 18.2. The van der Waals surface area contributed by atoms with Crippen LogP contribution in [0.3, 0.4) is 0 Å². The van der Waals surface area contributed by atoms with Crippen molar-refractivity contribution in [3.05, 3.63) is 46.8 Å². The lowest BCUT2D eigenvalue weighted by atomic mass is 9.88. The number of benzene rings is 1. The zero-order chi connectivity index (χ0) is 18.7. The van der Waals surface area contributed by atoms with E-state index in [9.17, 15) is 18.0 Å². The van der Waals surface area contributed by atoms with Gasteiger partial charge < -0.3 is 5.32 Å². The molecular formula is C18H21F3N4O.